The van der Waals surface area contributed by atoms with Gasteiger partial charge in [-0.25, -0.2) is 14.6 Å². The van der Waals surface area contributed by atoms with Crippen LogP contribution in [0.4, 0.5) is 4.79 Å². The lowest BCUT2D eigenvalue weighted by Crippen LogP contribution is -2.49. The zero-order valence-electron chi connectivity index (χ0n) is 21.9. The minimum Gasteiger partial charge on any atom is -0.458 e. The highest BCUT2D eigenvalue weighted by molar-refractivity contribution is 6.10. The second-order valence-corrected chi connectivity index (χ2v) is 11.3. The fourth-order valence-electron chi connectivity index (χ4n) is 4.25. The van der Waals surface area contributed by atoms with Gasteiger partial charge in [0.2, 0.25) is 0 Å². The third-order valence-electron chi connectivity index (χ3n) is 5.73. The van der Waals surface area contributed by atoms with E-state index in [4.69, 9.17) is 14.5 Å². The Bertz CT molecular complexity index is 1300. The maximum Gasteiger partial charge on any atom is 0.416 e. The van der Waals surface area contributed by atoms with Gasteiger partial charge in [-0.3, -0.25) is 4.90 Å². The van der Waals surface area contributed by atoms with Crippen molar-refractivity contribution in [2.24, 2.45) is 4.99 Å². The molecule has 188 valence electrons. The number of esters is 1. The molecule has 0 saturated heterocycles. The molecular formula is C30H34N2O4. The molecule has 3 aromatic carbocycles. The molecule has 0 unspecified atom stereocenters. The van der Waals surface area contributed by atoms with Gasteiger partial charge in [0.1, 0.15) is 17.0 Å². The van der Waals surface area contributed by atoms with Gasteiger partial charge in [0.05, 0.1) is 6.54 Å². The molecule has 0 aromatic heterocycles. The van der Waals surface area contributed by atoms with Crippen LogP contribution in [0, 0.1) is 0 Å². The van der Waals surface area contributed by atoms with E-state index in [9.17, 15) is 9.59 Å². The summed E-state index contributed by atoms with van der Waals surface area (Å²) in [5.74, 6) is -0.0702. The molecule has 0 fully saturated rings. The summed E-state index contributed by atoms with van der Waals surface area (Å²) in [6.45, 7) is 11.0. The van der Waals surface area contributed by atoms with Crippen molar-refractivity contribution in [3.63, 3.8) is 0 Å². The Hall–Kier alpha value is -3.67. The highest BCUT2D eigenvalue weighted by Crippen LogP contribution is 2.33. The van der Waals surface area contributed by atoms with Gasteiger partial charge in [0.25, 0.3) is 0 Å². The summed E-state index contributed by atoms with van der Waals surface area (Å²) in [4.78, 5) is 33.5. The molecule has 1 aliphatic rings. The first-order chi connectivity index (χ1) is 16.9. The molecule has 0 N–H and O–H groups in total. The summed E-state index contributed by atoms with van der Waals surface area (Å²) < 4.78 is 11.6. The van der Waals surface area contributed by atoms with Crippen LogP contribution in [0.1, 0.15) is 52.7 Å². The SMILES string of the molecule is CC(C)(C)OC(=O)N1C[C@@](Cc2ccc3ccccc3c2)(C(=O)OC(C)(C)C)N=C1c1ccccc1. The van der Waals surface area contributed by atoms with Crippen LogP contribution in [0.5, 0.6) is 0 Å². The molecule has 0 spiro atoms. The number of rotatable bonds is 4. The number of benzene rings is 3. The molecule has 1 atom stereocenters. The number of fused-ring (bicyclic) bond motifs is 1. The van der Waals surface area contributed by atoms with Crippen LogP contribution >= 0.6 is 0 Å². The molecule has 6 nitrogen and oxygen atoms in total. The number of aliphatic imine (C=N–C) groups is 1. The second-order valence-electron chi connectivity index (χ2n) is 11.3. The first kappa shape index (κ1) is 25.4. The minimum atomic E-state index is -1.32. The lowest BCUT2D eigenvalue weighted by molar-refractivity contribution is -0.161. The summed E-state index contributed by atoms with van der Waals surface area (Å²) in [6.07, 6.45) is -0.267. The van der Waals surface area contributed by atoms with E-state index < -0.39 is 28.8 Å². The highest BCUT2D eigenvalue weighted by atomic mass is 16.6. The van der Waals surface area contributed by atoms with Crippen LogP contribution in [0.25, 0.3) is 10.8 Å². The lowest BCUT2D eigenvalue weighted by Gasteiger charge is -2.30. The lowest BCUT2D eigenvalue weighted by atomic mass is 9.90. The Labute approximate surface area is 212 Å². The average molecular weight is 487 g/mol. The van der Waals surface area contributed by atoms with E-state index in [0.29, 0.717) is 5.84 Å². The Morgan fingerprint density at radius 1 is 0.833 bits per heavy atom. The van der Waals surface area contributed by atoms with Crippen molar-refractivity contribution < 1.29 is 19.1 Å². The van der Waals surface area contributed by atoms with Gasteiger partial charge >= 0.3 is 12.1 Å². The molecule has 0 bridgehead atoms. The van der Waals surface area contributed by atoms with Gasteiger partial charge < -0.3 is 9.47 Å². The van der Waals surface area contributed by atoms with Crippen molar-refractivity contribution in [2.75, 3.05) is 6.54 Å². The molecule has 6 heteroatoms. The Morgan fingerprint density at radius 2 is 1.44 bits per heavy atom. The molecule has 0 saturated carbocycles. The number of nitrogens with zero attached hydrogens (tertiary/aromatic N) is 2. The van der Waals surface area contributed by atoms with E-state index in [1.54, 1.807) is 0 Å². The summed E-state index contributed by atoms with van der Waals surface area (Å²) in [7, 11) is 0. The normalized spacial score (nSPS) is 18.2. The predicted molar refractivity (Wildman–Crippen MR) is 142 cm³/mol. The molecule has 4 rings (SSSR count). The summed E-state index contributed by atoms with van der Waals surface area (Å²) in [5, 5.41) is 2.19. The summed E-state index contributed by atoms with van der Waals surface area (Å²) in [5.41, 5.74) is -1.07. The molecule has 1 aliphatic heterocycles. The van der Waals surface area contributed by atoms with E-state index in [2.05, 4.69) is 6.07 Å². The summed E-state index contributed by atoms with van der Waals surface area (Å²) in [6, 6.07) is 23.6. The summed E-state index contributed by atoms with van der Waals surface area (Å²) >= 11 is 0. The number of ether oxygens (including phenoxy) is 2. The predicted octanol–water partition coefficient (Wildman–Crippen LogP) is 6.16. The Kier molecular flexibility index (Phi) is 6.65. The van der Waals surface area contributed by atoms with E-state index in [1.165, 1.54) is 4.90 Å². The van der Waals surface area contributed by atoms with Crippen LogP contribution in [0.15, 0.2) is 77.8 Å². The molecule has 1 amide bonds. The van der Waals surface area contributed by atoms with Crippen molar-refractivity contribution in [1.82, 2.24) is 4.90 Å². The van der Waals surface area contributed by atoms with E-state index in [-0.39, 0.29) is 13.0 Å². The van der Waals surface area contributed by atoms with Crippen LogP contribution in [-0.4, -0.2) is 46.1 Å². The maximum atomic E-state index is 13.8. The van der Waals surface area contributed by atoms with Crippen molar-refractivity contribution >= 4 is 28.7 Å². The van der Waals surface area contributed by atoms with Gasteiger partial charge in [-0.05, 0) is 57.9 Å². The Morgan fingerprint density at radius 3 is 2.08 bits per heavy atom. The standard InChI is InChI=1S/C30H34N2O4/c1-28(2,3)35-26(33)30(19-21-16-17-22-12-10-11-15-24(22)18-21)20-32(27(34)36-29(4,5)6)25(31-30)23-13-8-7-9-14-23/h7-18H,19-20H2,1-6H3/t30-/m0/s1. The monoisotopic (exact) mass is 486 g/mol. The van der Waals surface area contributed by atoms with Crippen LogP contribution in [0.2, 0.25) is 0 Å². The first-order valence-corrected chi connectivity index (χ1v) is 12.2. The number of amides is 1. The van der Waals surface area contributed by atoms with Gasteiger partial charge in [-0.2, -0.15) is 0 Å². The van der Waals surface area contributed by atoms with Crippen molar-refractivity contribution in [3.05, 3.63) is 83.9 Å². The van der Waals surface area contributed by atoms with Crippen molar-refractivity contribution in [1.29, 1.82) is 0 Å². The fourth-order valence-corrected chi connectivity index (χ4v) is 4.25. The van der Waals surface area contributed by atoms with Crippen molar-refractivity contribution in [2.45, 2.75) is 64.7 Å². The zero-order valence-corrected chi connectivity index (χ0v) is 21.9. The first-order valence-electron chi connectivity index (χ1n) is 12.2. The third kappa shape index (κ3) is 5.76. The van der Waals surface area contributed by atoms with Gasteiger partial charge in [-0.1, -0.05) is 72.8 Å². The van der Waals surface area contributed by atoms with Gasteiger partial charge in [0, 0.05) is 12.0 Å². The quantitative estimate of drug-likeness (QED) is 0.414. The Balaban J connectivity index is 1.81. The average Bonchev–Trinajstić information content (AvgIpc) is 3.18. The fraction of sp³-hybridized carbons (Fsp3) is 0.367. The smallest absolute Gasteiger partial charge is 0.416 e. The van der Waals surface area contributed by atoms with Gasteiger partial charge in [0.15, 0.2) is 5.54 Å². The number of hydrogen-bond acceptors (Lipinski definition) is 5. The van der Waals surface area contributed by atoms with E-state index in [1.807, 2.05) is 108 Å². The second kappa shape index (κ2) is 9.41. The molecular weight excluding hydrogens is 452 g/mol. The van der Waals surface area contributed by atoms with E-state index >= 15 is 0 Å². The molecule has 36 heavy (non-hydrogen) atoms. The maximum absolute atomic E-state index is 13.8. The van der Waals surface area contributed by atoms with Crippen LogP contribution in [-0.2, 0) is 20.7 Å². The van der Waals surface area contributed by atoms with E-state index in [0.717, 1.165) is 21.9 Å². The molecule has 3 aromatic rings. The number of amidine groups is 1. The number of carbonyl (C=O) groups excluding carboxylic acids is 2. The number of hydrogen-bond donors (Lipinski definition) is 0. The van der Waals surface area contributed by atoms with Crippen molar-refractivity contribution in [3.8, 4) is 0 Å². The van der Waals surface area contributed by atoms with Gasteiger partial charge in [-0.15, -0.1) is 0 Å². The third-order valence-corrected chi connectivity index (χ3v) is 5.73. The topological polar surface area (TPSA) is 68.2 Å². The number of carbonyl (C=O) groups is 2. The molecule has 0 radical (unpaired) electrons. The molecule has 1 heterocycles. The largest absolute Gasteiger partial charge is 0.458 e. The van der Waals surface area contributed by atoms with Crippen LogP contribution < -0.4 is 0 Å². The zero-order chi connectivity index (χ0) is 26.1. The van der Waals surface area contributed by atoms with Crippen LogP contribution in [0.3, 0.4) is 0 Å². The molecule has 0 aliphatic carbocycles. The minimum absolute atomic E-state index is 0.0217. The highest BCUT2D eigenvalue weighted by Gasteiger charge is 2.51.